The maximum Gasteiger partial charge on any atom is 0.109 e. The van der Waals surface area contributed by atoms with E-state index in [1.807, 2.05) is 6.92 Å². The Morgan fingerprint density at radius 2 is 2.27 bits per heavy atom. The lowest BCUT2D eigenvalue weighted by Crippen LogP contribution is -2.19. The number of nitrogens with one attached hydrogen (secondary N) is 1. The number of rotatable bonds is 4. The maximum absolute atomic E-state index is 5.63. The van der Waals surface area contributed by atoms with E-state index in [0.717, 1.165) is 5.57 Å². The monoisotopic (exact) mass is 157 g/mol. The lowest BCUT2D eigenvalue weighted by molar-refractivity contribution is 0.157. The Balaban J connectivity index is 3.76. The van der Waals surface area contributed by atoms with Crippen LogP contribution in [0.1, 0.15) is 6.92 Å². The number of nitrogens with two attached hydrogens (primary N) is 2. The van der Waals surface area contributed by atoms with Crippen LogP contribution in [-0.2, 0) is 4.84 Å². The molecule has 0 aliphatic heterocycles. The molecule has 0 amide bonds. The summed E-state index contributed by atoms with van der Waals surface area (Å²) in [6, 6.07) is -0.173. The molecule has 1 unspecified atom stereocenters. The lowest BCUT2D eigenvalue weighted by Gasteiger charge is -2.04. The summed E-state index contributed by atoms with van der Waals surface area (Å²) in [5.74, 6) is 0. The van der Waals surface area contributed by atoms with Crippen LogP contribution in [0.4, 0.5) is 0 Å². The molecule has 64 valence electrons. The minimum Gasteiger partial charge on any atom is -0.417 e. The van der Waals surface area contributed by atoms with Crippen molar-refractivity contribution in [1.29, 1.82) is 0 Å². The van der Waals surface area contributed by atoms with Crippen molar-refractivity contribution in [3.63, 3.8) is 0 Å². The van der Waals surface area contributed by atoms with Gasteiger partial charge >= 0.3 is 0 Å². The fraction of sp³-hybridized carbons (Fsp3) is 0.429. The van der Waals surface area contributed by atoms with Crippen molar-refractivity contribution in [2.75, 3.05) is 7.05 Å². The molecule has 0 rings (SSSR count). The first kappa shape index (κ1) is 10.0. The highest BCUT2D eigenvalue weighted by Crippen LogP contribution is 1.96. The Bertz CT molecular complexity index is 154. The SMILES string of the molecule is CNO/C=C/C(N)/C(C)=C/N. The summed E-state index contributed by atoms with van der Waals surface area (Å²) in [4.78, 5) is 4.72. The second-order valence-electron chi connectivity index (χ2n) is 2.09. The van der Waals surface area contributed by atoms with Gasteiger partial charge in [-0.25, -0.2) is 0 Å². The Labute approximate surface area is 66.8 Å². The van der Waals surface area contributed by atoms with E-state index in [4.69, 9.17) is 16.3 Å². The molecule has 0 saturated carbocycles. The highest BCUT2D eigenvalue weighted by molar-refractivity contribution is 5.12. The number of hydrogen-bond donors (Lipinski definition) is 3. The van der Waals surface area contributed by atoms with Crippen molar-refractivity contribution >= 4 is 0 Å². The molecular formula is C7H15N3O. The van der Waals surface area contributed by atoms with Gasteiger partial charge in [0.05, 0.1) is 0 Å². The van der Waals surface area contributed by atoms with Gasteiger partial charge in [-0.1, -0.05) is 0 Å². The molecule has 1 atom stereocenters. The van der Waals surface area contributed by atoms with E-state index in [0.29, 0.717) is 0 Å². The van der Waals surface area contributed by atoms with E-state index in [9.17, 15) is 0 Å². The van der Waals surface area contributed by atoms with E-state index in [-0.39, 0.29) is 6.04 Å². The van der Waals surface area contributed by atoms with Gasteiger partial charge in [0.1, 0.15) is 6.26 Å². The lowest BCUT2D eigenvalue weighted by atomic mass is 10.1. The maximum atomic E-state index is 5.63. The third-order valence-corrected chi connectivity index (χ3v) is 1.26. The van der Waals surface area contributed by atoms with E-state index >= 15 is 0 Å². The first-order valence-corrected chi connectivity index (χ1v) is 3.35. The van der Waals surface area contributed by atoms with Gasteiger partial charge in [-0.05, 0) is 24.8 Å². The summed E-state index contributed by atoms with van der Waals surface area (Å²) in [5.41, 5.74) is 14.3. The van der Waals surface area contributed by atoms with Gasteiger partial charge in [0.15, 0.2) is 0 Å². The summed E-state index contributed by atoms with van der Waals surface area (Å²) < 4.78 is 0. The average molecular weight is 157 g/mol. The van der Waals surface area contributed by atoms with Crippen LogP contribution in [0.3, 0.4) is 0 Å². The van der Waals surface area contributed by atoms with E-state index in [1.54, 1.807) is 13.1 Å². The van der Waals surface area contributed by atoms with Crippen LogP contribution in [0.15, 0.2) is 24.1 Å². The summed E-state index contributed by atoms with van der Waals surface area (Å²) >= 11 is 0. The Morgan fingerprint density at radius 1 is 1.64 bits per heavy atom. The van der Waals surface area contributed by atoms with Gasteiger partial charge in [-0.15, -0.1) is 0 Å². The van der Waals surface area contributed by atoms with Crippen LogP contribution in [0, 0.1) is 0 Å². The van der Waals surface area contributed by atoms with Crippen LogP contribution in [0.5, 0.6) is 0 Å². The molecule has 0 bridgehead atoms. The predicted molar refractivity (Wildman–Crippen MR) is 45.2 cm³/mol. The third kappa shape index (κ3) is 4.41. The largest absolute Gasteiger partial charge is 0.417 e. The molecular weight excluding hydrogens is 142 g/mol. The van der Waals surface area contributed by atoms with E-state index < -0.39 is 0 Å². The zero-order chi connectivity index (χ0) is 8.69. The molecule has 4 heteroatoms. The molecule has 0 aromatic heterocycles. The van der Waals surface area contributed by atoms with Crippen LogP contribution in [0.2, 0.25) is 0 Å². The molecule has 0 radical (unpaired) electrons. The zero-order valence-electron chi connectivity index (χ0n) is 6.87. The minimum absolute atomic E-state index is 0.173. The van der Waals surface area contributed by atoms with E-state index in [1.165, 1.54) is 12.5 Å². The Morgan fingerprint density at radius 3 is 2.73 bits per heavy atom. The van der Waals surface area contributed by atoms with Crippen molar-refractivity contribution in [2.24, 2.45) is 11.5 Å². The molecule has 0 aromatic carbocycles. The molecule has 4 nitrogen and oxygen atoms in total. The molecule has 0 spiro atoms. The average Bonchev–Trinajstić information content (AvgIpc) is 2.03. The molecule has 0 aromatic rings. The predicted octanol–water partition coefficient (Wildman–Crippen LogP) is -0.159. The smallest absolute Gasteiger partial charge is 0.109 e. The van der Waals surface area contributed by atoms with Crippen molar-refractivity contribution < 1.29 is 4.84 Å². The molecule has 5 N–H and O–H groups in total. The minimum atomic E-state index is -0.173. The van der Waals surface area contributed by atoms with Crippen LogP contribution < -0.4 is 16.9 Å². The van der Waals surface area contributed by atoms with Crippen molar-refractivity contribution in [3.8, 4) is 0 Å². The highest BCUT2D eigenvalue weighted by Gasteiger charge is 1.97. The summed E-state index contributed by atoms with van der Waals surface area (Å²) in [7, 11) is 1.67. The topological polar surface area (TPSA) is 73.3 Å². The standard InChI is InChI=1S/C7H15N3O/c1-6(5-8)7(9)3-4-11-10-2/h3-5,7,10H,8-9H2,1-2H3/b4-3+,6-5+. The van der Waals surface area contributed by atoms with Gasteiger partial charge < -0.3 is 16.3 Å². The molecule has 0 aliphatic rings. The van der Waals surface area contributed by atoms with Gasteiger partial charge in [0, 0.05) is 13.1 Å². The molecule has 0 aliphatic carbocycles. The third-order valence-electron chi connectivity index (χ3n) is 1.26. The first-order chi connectivity index (χ1) is 5.22. The second kappa shape index (κ2) is 5.76. The Kier molecular flexibility index (Phi) is 5.24. The van der Waals surface area contributed by atoms with Crippen LogP contribution >= 0.6 is 0 Å². The van der Waals surface area contributed by atoms with Crippen LogP contribution in [-0.4, -0.2) is 13.1 Å². The van der Waals surface area contributed by atoms with Gasteiger partial charge in [0.2, 0.25) is 0 Å². The van der Waals surface area contributed by atoms with Crippen LogP contribution in [0.25, 0.3) is 0 Å². The normalized spacial score (nSPS) is 15.4. The van der Waals surface area contributed by atoms with Gasteiger partial charge in [-0.3, -0.25) is 0 Å². The fourth-order valence-electron chi connectivity index (χ4n) is 0.455. The Hall–Kier alpha value is -1.00. The molecule has 11 heavy (non-hydrogen) atoms. The highest BCUT2D eigenvalue weighted by atomic mass is 16.6. The van der Waals surface area contributed by atoms with Crippen molar-refractivity contribution in [2.45, 2.75) is 13.0 Å². The van der Waals surface area contributed by atoms with E-state index in [2.05, 4.69) is 5.48 Å². The number of hydroxylamine groups is 1. The van der Waals surface area contributed by atoms with Gasteiger partial charge in [0.25, 0.3) is 0 Å². The fourth-order valence-corrected chi connectivity index (χ4v) is 0.455. The summed E-state index contributed by atoms with van der Waals surface area (Å²) in [6.45, 7) is 1.86. The van der Waals surface area contributed by atoms with Gasteiger partial charge in [-0.2, -0.15) is 5.48 Å². The van der Waals surface area contributed by atoms with Crippen molar-refractivity contribution in [3.05, 3.63) is 24.1 Å². The van der Waals surface area contributed by atoms with Crippen molar-refractivity contribution in [1.82, 2.24) is 5.48 Å². The quantitative estimate of drug-likeness (QED) is 0.391. The molecule has 0 heterocycles. The second-order valence-corrected chi connectivity index (χ2v) is 2.09. The molecule has 0 fully saturated rings. The summed E-state index contributed by atoms with van der Waals surface area (Å²) in [6.07, 6.45) is 4.67. The first-order valence-electron chi connectivity index (χ1n) is 3.35. The molecule has 0 saturated heterocycles. The zero-order valence-corrected chi connectivity index (χ0v) is 6.87. The number of hydrogen-bond acceptors (Lipinski definition) is 4. The summed E-state index contributed by atoms with van der Waals surface area (Å²) in [5, 5.41) is 0.